The smallest absolute Gasteiger partial charge is 0.140 e. The highest BCUT2D eigenvalue weighted by Gasteiger charge is 2.11. The molecule has 0 saturated carbocycles. The van der Waals surface area contributed by atoms with E-state index >= 15 is 0 Å². The van der Waals surface area contributed by atoms with E-state index in [0.717, 1.165) is 28.1 Å². The Balaban J connectivity index is 2.27. The number of anilines is 1. The van der Waals surface area contributed by atoms with E-state index in [1.54, 1.807) is 0 Å². The van der Waals surface area contributed by atoms with Crippen molar-refractivity contribution in [2.24, 2.45) is 7.05 Å². The molecule has 0 aliphatic carbocycles. The van der Waals surface area contributed by atoms with Gasteiger partial charge in [-0.2, -0.15) is 0 Å². The number of rotatable bonds is 1. The van der Waals surface area contributed by atoms with Crippen LogP contribution in [0.1, 0.15) is 0 Å². The van der Waals surface area contributed by atoms with Gasteiger partial charge < -0.3 is 10.3 Å². The van der Waals surface area contributed by atoms with Gasteiger partial charge in [0.05, 0.1) is 16.1 Å². The van der Waals surface area contributed by atoms with E-state index in [0.29, 0.717) is 5.02 Å². The zero-order valence-corrected chi connectivity index (χ0v) is 10.6. The second-order valence-corrected chi connectivity index (χ2v) is 4.63. The number of nitrogen functional groups attached to an aromatic ring is 1. The van der Waals surface area contributed by atoms with Gasteiger partial charge in [0, 0.05) is 18.3 Å². The maximum Gasteiger partial charge on any atom is 0.140 e. The van der Waals surface area contributed by atoms with Crippen LogP contribution in [0.5, 0.6) is 0 Å². The van der Waals surface area contributed by atoms with Crippen molar-refractivity contribution >= 4 is 28.3 Å². The minimum Gasteiger partial charge on any atom is -0.399 e. The first-order valence-electron chi connectivity index (χ1n) is 5.63. The SMILES string of the molecule is Cn1c(-c2ccc(N)cc2)nc2cccc(Cl)c21. The quantitative estimate of drug-likeness (QED) is 0.679. The summed E-state index contributed by atoms with van der Waals surface area (Å²) in [6, 6.07) is 13.4. The van der Waals surface area contributed by atoms with E-state index in [1.165, 1.54) is 0 Å². The maximum absolute atomic E-state index is 6.21. The Morgan fingerprint density at radius 2 is 1.83 bits per heavy atom. The first-order chi connectivity index (χ1) is 8.66. The van der Waals surface area contributed by atoms with E-state index in [4.69, 9.17) is 17.3 Å². The van der Waals surface area contributed by atoms with Crippen molar-refractivity contribution in [3.8, 4) is 11.4 Å². The van der Waals surface area contributed by atoms with Crippen molar-refractivity contribution in [1.29, 1.82) is 0 Å². The normalized spacial score (nSPS) is 11.0. The summed E-state index contributed by atoms with van der Waals surface area (Å²) in [6.07, 6.45) is 0. The molecule has 0 bridgehead atoms. The molecule has 3 nitrogen and oxygen atoms in total. The highest BCUT2D eigenvalue weighted by molar-refractivity contribution is 6.35. The largest absolute Gasteiger partial charge is 0.399 e. The molecule has 0 saturated heterocycles. The molecule has 0 aliphatic heterocycles. The standard InChI is InChI=1S/C14H12ClN3/c1-18-13-11(15)3-2-4-12(13)17-14(18)9-5-7-10(16)8-6-9/h2-8H,16H2,1H3. The molecule has 1 heterocycles. The molecule has 0 spiro atoms. The lowest BCUT2D eigenvalue weighted by atomic mass is 10.2. The number of aromatic nitrogens is 2. The van der Waals surface area contributed by atoms with Crippen molar-refractivity contribution < 1.29 is 0 Å². The van der Waals surface area contributed by atoms with Crippen molar-refractivity contribution in [2.75, 3.05) is 5.73 Å². The monoisotopic (exact) mass is 257 g/mol. The van der Waals surface area contributed by atoms with Gasteiger partial charge in [0.15, 0.2) is 0 Å². The summed E-state index contributed by atoms with van der Waals surface area (Å²) in [5, 5.41) is 0.712. The third-order valence-electron chi connectivity index (χ3n) is 3.01. The van der Waals surface area contributed by atoms with Crippen LogP contribution in [-0.4, -0.2) is 9.55 Å². The van der Waals surface area contributed by atoms with Gasteiger partial charge in [-0.15, -0.1) is 0 Å². The Bertz CT molecular complexity index is 714. The summed E-state index contributed by atoms with van der Waals surface area (Å²) >= 11 is 6.21. The van der Waals surface area contributed by atoms with Gasteiger partial charge in [-0.3, -0.25) is 0 Å². The number of benzene rings is 2. The van der Waals surface area contributed by atoms with Gasteiger partial charge in [-0.05, 0) is 36.4 Å². The zero-order valence-electron chi connectivity index (χ0n) is 9.89. The van der Waals surface area contributed by atoms with Gasteiger partial charge in [0.1, 0.15) is 5.82 Å². The fourth-order valence-corrected chi connectivity index (χ4v) is 2.41. The Kier molecular flexibility index (Phi) is 2.49. The summed E-state index contributed by atoms with van der Waals surface area (Å²) < 4.78 is 2.00. The molecule has 3 aromatic rings. The minimum absolute atomic E-state index is 0.712. The number of halogens is 1. The predicted molar refractivity (Wildman–Crippen MR) is 75.6 cm³/mol. The molecule has 90 valence electrons. The number of para-hydroxylation sites is 1. The number of hydrogen-bond acceptors (Lipinski definition) is 2. The number of imidazole rings is 1. The van der Waals surface area contributed by atoms with Gasteiger partial charge in [-0.1, -0.05) is 17.7 Å². The molecule has 1 aromatic heterocycles. The molecular formula is C14H12ClN3. The van der Waals surface area contributed by atoms with E-state index < -0.39 is 0 Å². The summed E-state index contributed by atoms with van der Waals surface area (Å²) in [4.78, 5) is 4.61. The fraction of sp³-hybridized carbons (Fsp3) is 0.0714. The summed E-state index contributed by atoms with van der Waals surface area (Å²) in [6.45, 7) is 0. The molecule has 0 aliphatic rings. The van der Waals surface area contributed by atoms with Gasteiger partial charge in [-0.25, -0.2) is 4.98 Å². The third-order valence-corrected chi connectivity index (χ3v) is 3.32. The lowest BCUT2D eigenvalue weighted by Gasteiger charge is -2.03. The lowest BCUT2D eigenvalue weighted by Crippen LogP contribution is -1.93. The van der Waals surface area contributed by atoms with Gasteiger partial charge in [0.2, 0.25) is 0 Å². The van der Waals surface area contributed by atoms with Crippen LogP contribution in [0.4, 0.5) is 5.69 Å². The molecule has 0 fully saturated rings. The molecule has 0 atom stereocenters. The third kappa shape index (κ3) is 1.64. The van der Waals surface area contributed by atoms with Crippen LogP contribution in [0.3, 0.4) is 0 Å². The fourth-order valence-electron chi connectivity index (χ4n) is 2.11. The van der Waals surface area contributed by atoms with Crippen molar-refractivity contribution in [3.63, 3.8) is 0 Å². The predicted octanol–water partition coefficient (Wildman–Crippen LogP) is 3.48. The number of fused-ring (bicyclic) bond motifs is 1. The molecule has 0 radical (unpaired) electrons. The van der Waals surface area contributed by atoms with E-state index in [-0.39, 0.29) is 0 Å². The molecule has 0 unspecified atom stereocenters. The first kappa shape index (κ1) is 11.1. The Morgan fingerprint density at radius 1 is 1.11 bits per heavy atom. The lowest BCUT2D eigenvalue weighted by molar-refractivity contribution is 0.959. The summed E-state index contributed by atoms with van der Waals surface area (Å²) in [5.74, 6) is 0.887. The average molecular weight is 258 g/mol. The van der Waals surface area contributed by atoms with Crippen LogP contribution < -0.4 is 5.73 Å². The van der Waals surface area contributed by atoms with Crippen LogP contribution in [0.2, 0.25) is 5.02 Å². The van der Waals surface area contributed by atoms with Crippen LogP contribution in [0.25, 0.3) is 22.4 Å². The second-order valence-electron chi connectivity index (χ2n) is 4.22. The van der Waals surface area contributed by atoms with E-state index in [1.807, 2.05) is 54.1 Å². The number of aryl methyl sites for hydroxylation is 1. The summed E-state index contributed by atoms with van der Waals surface area (Å²) in [7, 11) is 1.97. The van der Waals surface area contributed by atoms with Crippen molar-refractivity contribution in [2.45, 2.75) is 0 Å². The van der Waals surface area contributed by atoms with Crippen molar-refractivity contribution in [3.05, 3.63) is 47.5 Å². The van der Waals surface area contributed by atoms with E-state index in [9.17, 15) is 0 Å². The van der Waals surface area contributed by atoms with Crippen LogP contribution in [0, 0.1) is 0 Å². The second kappa shape index (κ2) is 4.03. The number of nitrogens with zero attached hydrogens (tertiary/aromatic N) is 2. The topological polar surface area (TPSA) is 43.8 Å². The van der Waals surface area contributed by atoms with Crippen molar-refractivity contribution in [1.82, 2.24) is 9.55 Å². The van der Waals surface area contributed by atoms with Gasteiger partial charge >= 0.3 is 0 Å². The highest BCUT2D eigenvalue weighted by Crippen LogP contribution is 2.28. The molecule has 0 amide bonds. The van der Waals surface area contributed by atoms with E-state index in [2.05, 4.69) is 4.98 Å². The highest BCUT2D eigenvalue weighted by atomic mass is 35.5. The summed E-state index contributed by atoms with van der Waals surface area (Å²) in [5.41, 5.74) is 9.32. The van der Waals surface area contributed by atoms with Crippen LogP contribution in [0.15, 0.2) is 42.5 Å². The average Bonchev–Trinajstić information content (AvgIpc) is 2.69. The first-order valence-corrected chi connectivity index (χ1v) is 6.01. The Morgan fingerprint density at radius 3 is 2.50 bits per heavy atom. The maximum atomic E-state index is 6.21. The number of nitrogens with two attached hydrogens (primary N) is 1. The van der Waals surface area contributed by atoms with Gasteiger partial charge in [0.25, 0.3) is 0 Å². The number of hydrogen-bond donors (Lipinski definition) is 1. The zero-order chi connectivity index (χ0) is 12.7. The molecule has 4 heteroatoms. The molecule has 18 heavy (non-hydrogen) atoms. The molecule has 2 aromatic carbocycles. The van der Waals surface area contributed by atoms with Crippen LogP contribution >= 0.6 is 11.6 Å². The molecular weight excluding hydrogens is 246 g/mol. The van der Waals surface area contributed by atoms with Crippen LogP contribution in [-0.2, 0) is 7.05 Å². The Hall–Kier alpha value is -2.00. The Labute approximate surface area is 110 Å². The minimum atomic E-state index is 0.712. The molecule has 2 N–H and O–H groups in total. The molecule has 3 rings (SSSR count).